The van der Waals surface area contributed by atoms with Crippen LogP contribution in [0, 0.1) is 0 Å². The van der Waals surface area contributed by atoms with E-state index in [1.807, 2.05) is 67.0 Å². The van der Waals surface area contributed by atoms with E-state index in [0.717, 1.165) is 12.1 Å². The molecule has 24 heavy (non-hydrogen) atoms. The number of Topliss-reactive ketones (excluding diaryl/α,β-unsaturated/α-hetero) is 1. The lowest BCUT2D eigenvalue weighted by molar-refractivity contribution is -0.688. The van der Waals surface area contributed by atoms with Gasteiger partial charge in [-0.3, -0.25) is 4.79 Å². The summed E-state index contributed by atoms with van der Waals surface area (Å²) in [6.07, 6.45) is 4.26. The van der Waals surface area contributed by atoms with Gasteiger partial charge in [-0.15, -0.1) is 0 Å². The summed E-state index contributed by atoms with van der Waals surface area (Å²) in [5.74, 6) is 0.822. The number of hydrogen-bond acceptors (Lipinski definition) is 2. The fourth-order valence-corrected chi connectivity index (χ4v) is 3.04. The number of ketones is 1. The average Bonchev–Trinajstić information content (AvgIpc) is 2.63. The van der Waals surface area contributed by atoms with Crippen molar-refractivity contribution in [1.82, 2.24) is 0 Å². The Kier molecular flexibility index (Phi) is 3.83. The van der Waals surface area contributed by atoms with Crippen LogP contribution in [-0.4, -0.2) is 5.78 Å². The first-order valence-electron chi connectivity index (χ1n) is 8.11. The Bertz CT molecular complexity index is 857. The highest BCUT2D eigenvalue weighted by Gasteiger charge is 2.27. The minimum Gasteiger partial charge on any atom is -0.484 e. The molecule has 118 valence electrons. The Balaban J connectivity index is 1.53. The number of carbonyl (C=O) groups excluding carboxylic acids is 1. The van der Waals surface area contributed by atoms with Crippen molar-refractivity contribution >= 4 is 5.78 Å². The Labute approximate surface area is 141 Å². The van der Waals surface area contributed by atoms with E-state index in [4.69, 9.17) is 4.74 Å². The molecule has 0 saturated carbocycles. The van der Waals surface area contributed by atoms with Gasteiger partial charge in [0.05, 0.1) is 12.0 Å². The predicted molar refractivity (Wildman–Crippen MR) is 90.9 cm³/mol. The van der Waals surface area contributed by atoms with E-state index in [-0.39, 0.29) is 11.9 Å². The lowest BCUT2D eigenvalue weighted by atomic mass is 9.97. The van der Waals surface area contributed by atoms with Crippen molar-refractivity contribution in [1.29, 1.82) is 0 Å². The third-order valence-corrected chi connectivity index (χ3v) is 4.32. The van der Waals surface area contributed by atoms with Gasteiger partial charge >= 0.3 is 0 Å². The molecule has 0 amide bonds. The summed E-state index contributed by atoms with van der Waals surface area (Å²) in [7, 11) is 0. The Hall–Kier alpha value is -2.94. The van der Waals surface area contributed by atoms with E-state index in [9.17, 15) is 4.79 Å². The van der Waals surface area contributed by atoms with Gasteiger partial charge in [0.25, 0.3) is 0 Å². The first-order chi connectivity index (χ1) is 11.8. The molecule has 1 aromatic heterocycles. The highest BCUT2D eigenvalue weighted by atomic mass is 16.5. The predicted octanol–water partition coefficient (Wildman–Crippen LogP) is 3.73. The van der Waals surface area contributed by atoms with E-state index >= 15 is 0 Å². The van der Waals surface area contributed by atoms with Crippen LogP contribution in [0.25, 0.3) is 0 Å². The normalized spacial score (nSPS) is 16.3. The molecular weight excluding hydrogens is 298 g/mol. The molecule has 0 spiro atoms. The van der Waals surface area contributed by atoms with Gasteiger partial charge in [-0.25, -0.2) is 4.57 Å². The van der Waals surface area contributed by atoms with Gasteiger partial charge in [-0.1, -0.05) is 42.5 Å². The zero-order valence-corrected chi connectivity index (χ0v) is 13.3. The molecule has 0 saturated heterocycles. The highest BCUT2D eigenvalue weighted by Crippen LogP contribution is 2.34. The molecule has 2 heterocycles. The van der Waals surface area contributed by atoms with Crippen LogP contribution in [-0.2, 0) is 6.54 Å². The van der Waals surface area contributed by atoms with Crippen LogP contribution in [0.1, 0.15) is 34.0 Å². The minimum atomic E-state index is -0.209. The van der Waals surface area contributed by atoms with E-state index < -0.39 is 0 Å². The number of carbonyl (C=O) groups is 1. The Morgan fingerprint density at radius 3 is 2.42 bits per heavy atom. The zero-order valence-electron chi connectivity index (χ0n) is 13.3. The van der Waals surface area contributed by atoms with Gasteiger partial charge in [-0.05, 0) is 12.1 Å². The van der Waals surface area contributed by atoms with Crippen molar-refractivity contribution < 1.29 is 14.1 Å². The second-order valence-corrected chi connectivity index (χ2v) is 6.02. The summed E-state index contributed by atoms with van der Waals surface area (Å²) in [5.41, 5.74) is 2.97. The summed E-state index contributed by atoms with van der Waals surface area (Å²) in [6.45, 7) is 0.828. The number of aromatic nitrogens is 1. The molecule has 3 heteroatoms. The monoisotopic (exact) mass is 316 g/mol. The van der Waals surface area contributed by atoms with Crippen LogP contribution >= 0.6 is 0 Å². The molecule has 1 aliphatic heterocycles. The lowest BCUT2D eigenvalue weighted by Crippen LogP contribution is -2.33. The fraction of sp³-hybridized carbons (Fsp3) is 0.143. The molecule has 3 nitrogen and oxygen atoms in total. The van der Waals surface area contributed by atoms with Gasteiger partial charge in [0.2, 0.25) is 0 Å². The van der Waals surface area contributed by atoms with Gasteiger partial charge in [0.1, 0.15) is 11.9 Å². The van der Waals surface area contributed by atoms with Crippen molar-refractivity contribution in [2.45, 2.75) is 19.1 Å². The molecule has 4 rings (SSSR count). The fourth-order valence-electron chi connectivity index (χ4n) is 3.04. The number of benzene rings is 2. The topological polar surface area (TPSA) is 30.2 Å². The van der Waals surface area contributed by atoms with E-state index in [2.05, 4.69) is 16.7 Å². The van der Waals surface area contributed by atoms with Crippen molar-refractivity contribution in [3.8, 4) is 5.75 Å². The first-order valence-corrected chi connectivity index (χ1v) is 8.11. The molecule has 1 atom stereocenters. The first kappa shape index (κ1) is 14.6. The maximum absolute atomic E-state index is 12.3. The zero-order chi connectivity index (χ0) is 16.4. The molecule has 3 aromatic rings. The summed E-state index contributed by atoms with van der Waals surface area (Å²) in [6, 6.07) is 21.9. The largest absolute Gasteiger partial charge is 0.484 e. The maximum atomic E-state index is 12.3. The summed E-state index contributed by atoms with van der Waals surface area (Å²) >= 11 is 0. The molecule has 0 fully saturated rings. The van der Waals surface area contributed by atoms with Crippen LogP contribution in [0.3, 0.4) is 0 Å². The van der Waals surface area contributed by atoms with Crippen molar-refractivity contribution in [3.05, 3.63) is 95.8 Å². The van der Waals surface area contributed by atoms with E-state index in [0.29, 0.717) is 17.7 Å². The number of ether oxygens (including phenoxy) is 1. The number of pyridine rings is 1. The van der Waals surface area contributed by atoms with Crippen LogP contribution in [0.4, 0.5) is 0 Å². The van der Waals surface area contributed by atoms with Crippen LogP contribution < -0.4 is 9.30 Å². The van der Waals surface area contributed by atoms with E-state index in [1.165, 1.54) is 5.56 Å². The summed E-state index contributed by atoms with van der Waals surface area (Å²) < 4.78 is 8.14. The molecule has 0 bridgehead atoms. The molecular formula is C21H18NO2+. The second-order valence-electron chi connectivity index (χ2n) is 6.02. The third-order valence-electron chi connectivity index (χ3n) is 4.32. The van der Waals surface area contributed by atoms with Crippen molar-refractivity contribution in [3.63, 3.8) is 0 Å². The molecule has 0 radical (unpaired) electrons. The maximum Gasteiger partial charge on any atom is 0.173 e. The number of para-hydroxylation sites is 1. The summed E-state index contributed by atoms with van der Waals surface area (Å²) in [5, 5.41) is 0. The summed E-state index contributed by atoms with van der Waals surface area (Å²) in [4.78, 5) is 12.3. The van der Waals surface area contributed by atoms with Gasteiger partial charge in [-0.2, -0.15) is 0 Å². The number of nitrogens with zero attached hydrogens (tertiary/aromatic N) is 1. The van der Waals surface area contributed by atoms with Crippen LogP contribution in [0.15, 0.2) is 79.1 Å². The van der Waals surface area contributed by atoms with Gasteiger partial charge in [0, 0.05) is 23.3 Å². The van der Waals surface area contributed by atoms with Gasteiger partial charge < -0.3 is 4.74 Å². The van der Waals surface area contributed by atoms with Crippen molar-refractivity contribution in [2.75, 3.05) is 0 Å². The third kappa shape index (κ3) is 2.93. The quantitative estimate of drug-likeness (QED) is 0.689. The van der Waals surface area contributed by atoms with Crippen LogP contribution in [0.2, 0.25) is 0 Å². The number of hydrogen-bond donors (Lipinski definition) is 0. The SMILES string of the molecule is O=C1CC(c2cc[n+](Cc3ccccc3)cc2)Oc2ccccc21. The molecule has 1 unspecified atom stereocenters. The van der Waals surface area contributed by atoms with Gasteiger partial charge in [0.15, 0.2) is 24.7 Å². The number of rotatable bonds is 3. The average molecular weight is 316 g/mol. The molecule has 2 aromatic carbocycles. The second kappa shape index (κ2) is 6.28. The smallest absolute Gasteiger partial charge is 0.173 e. The Morgan fingerprint density at radius 2 is 1.62 bits per heavy atom. The molecule has 0 aliphatic carbocycles. The van der Waals surface area contributed by atoms with E-state index in [1.54, 1.807) is 0 Å². The molecule has 1 aliphatic rings. The van der Waals surface area contributed by atoms with Crippen LogP contribution in [0.5, 0.6) is 5.75 Å². The minimum absolute atomic E-state index is 0.142. The number of fused-ring (bicyclic) bond motifs is 1. The Morgan fingerprint density at radius 1 is 0.917 bits per heavy atom. The van der Waals surface area contributed by atoms with Crippen molar-refractivity contribution in [2.24, 2.45) is 0 Å². The lowest BCUT2D eigenvalue weighted by Gasteiger charge is -2.25. The molecule has 0 N–H and O–H groups in total. The highest BCUT2D eigenvalue weighted by molar-refractivity contribution is 5.99. The standard InChI is InChI=1S/C21H18NO2/c23-19-14-21(24-20-9-5-4-8-18(19)20)17-10-12-22(13-11-17)15-16-6-2-1-3-7-16/h1-13,21H,14-15H2/q+1.